The number of benzene rings is 2. The number of hydrogen-bond donors (Lipinski definition) is 1. The second-order valence-electron chi connectivity index (χ2n) is 6.62. The molecule has 1 N–H and O–H groups in total. The van der Waals surface area contributed by atoms with E-state index in [1.165, 1.54) is 28.4 Å². The van der Waals surface area contributed by atoms with E-state index in [0.29, 0.717) is 18.7 Å². The summed E-state index contributed by atoms with van der Waals surface area (Å²) >= 11 is 1.39. The summed E-state index contributed by atoms with van der Waals surface area (Å²) in [6, 6.07) is 12.2. The molecule has 5 nitrogen and oxygen atoms in total. The molecule has 1 saturated heterocycles. The maximum Gasteiger partial charge on any atom is 0.275 e. The van der Waals surface area contributed by atoms with Crippen molar-refractivity contribution in [3.8, 4) is 10.6 Å². The molecule has 1 fully saturated rings. The van der Waals surface area contributed by atoms with Gasteiger partial charge >= 0.3 is 0 Å². The van der Waals surface area contributed by atoms with E-state index in [2.05, 4.69) is 10.3 Å². The lowest BCUT2D eigenvalue weighted by atomic mass is 10.1. The standard InChI is InChI=1S/C21H18FN3O2S/c1-13-5-2-3-6-15(13)21-24-17(12-28-21)20(27)23-14-8-9-18(16(22)11-14)25-10-4-7-19(25)26/h2-3,5-6,8-9,11-12H,4,7,10H2,1H3,(H,23,27). The van der Waals surface area contributed by atoms with Crippen LogP contribution in [0.25, 0.3) is 10.6 Å². The summed E-state index contributed by atoms with van der Waals surface area (Å²) in [4.78, 5) is 30.1. The first-order valence-electron chi connectivity index (χ1n) is 8.96. The van der Waals surface area contributed by atoms with Crippen LogP contribution in [0.15, 0.2) is 47.8 Å². The zero-order valence-corrected chi connectivity index (χ0v) is 16.1. The van der Waals surface area contributed by atoms with Gasteiger partial charge in [-0.15, -0.1) is 11.3 Å². The van der Waals surface area contributed by atoms with Crippen LogP contribution in [0, 0.1) is 12.7 Å². The average Bonchev–Trinajstić information content (AvgIpc) is 3.32. The van der Waals surface area contributed by atoms with Crippen molar-refractivity contribution in [1.29, 1.82) is 0 Å². The smallest absolute Gasteiger partial charge is 0.275 e. The van der Waals surface area contributed by atoms with Crippen LogP contribution in [0.2, 0.25) is 0 Å². The van der Waals surface area contributed by atoms with Gasteiger partial charge in [0.05, 0.1) is 5.69 Å². The van der Waals surface area contributed by atoms with Gasteiger partial charge in [0.15, 0.2) is 0 Å². The monoisotopic (exact) mass is 395 g/mol. The minimum atomic E-state index is -0.535. The number of halogens is 1. The van der Waals surface area contributed by atoms with Gasteiger partial charge in [0, 0.05) is 29.6 Å². The number of aryl methyl sites for hydroxylation is 1. The van der Waals surface area contributed by atoms with Crippen LogP contribution in [-0.2, 0) is 4.79 Å². The number of carbonyl (C=O) groups is 2. The molecule has 142 valence electrons. The molecule has 0 radical (unpaired) electrons. The Bertz CT molecular complexity index is 1060. The highest BCUT2D eigenvalue weighted by Crippen LogP contribution is 2.28. The molecule has 0 aliphatic carbocycles. The molecule has 0 saturated carbocycles. The lowest BCUT2D eigenvalue weighted by molar-refractivity contribution is -0.117. The summed E-state index contributed by atoms with van der Waals surface area (Å²) in [5, 5.41) is 5.12. The first kappa shape index (κ1) is 18.3. The average molecular weight is 395 g/mol. The normalized spacial score (nSPS) is 13.8. The van der Waals surface area contributed by atoms with Crippen LogP contribution in [0.1, 0.15) is 28.9 Å². The third-order valence-corrected chi connectivity index (χ3v) is 5.56. The molecule has 28 heavy (non-hydrogen) atoms. The van der Waals surface area contributed by atoms with Crippen molar-refractivity contribution in [3.05, 3.63) is 64.9 Å². The summed E-state index contributed by atoms with van der Waals surface area (Å²) in [5.74, 6) is -1.02. The van der Waals surface area contributed by atoms with Gasteiger partial charge in [0.2, 0.25) is 5.91 Å². The van der Waals surface area contributed by atoms with Gasteiger partial charge in [-0.25, -0.2) is 9.37 Å². The third-order valence-electron chi connectivity index (χ3n) is 4.68. The topological polar surface area (TPSA) is 62.3 Å². The number of rotatable bonds is 4. The van der Waals surface area contributed by atoms with Gasteiger partial charge in [-0.1, -0.05) is 24.3 Å². The molecule has 0 bridgehead atoms. The van der Waals surface area contributed by atoms with E-state index in [1.807, 2.05) is 31.2 Å². The van der Waals surface area contributed by atoms with E-state index in [9.17, 15) is 14.0 Å². The molecule has 0 spiro atoms. The van der Waals surface area contributed by atoms with Crippen molar-refractivity contribution in [2.45, 2.75) is 19.8 Å². The van der Waals surface area contributed by atoms with Crippen LogP contribution >= 0.6 is 11.3 Å². The van der Waals surface area contributed by atoms with Crippen LogP contribution in [0.5, 0.6) is 0 Å². The summed E-state index contributed by atoms with van der Waals surface area (Å²) in [7, 11) is 0. The highest BCUT2D eigenvalue weighted by Gasteiger charge is 2.24. The number of amides is 2. The van der Waals surface area contributed by atoms with E-state index in [0.717, 1.165) is 22.6 Å². The summed E-state index contributed by atoms with van der Waals surface area (Å²) in [6.45, 7) is 2.51. The lowest BCUT2D eigenvalue weighted by Gasteiger charge is -2.17. The fourth-order valence-electron chi connectivity index (χ4n) is 3.22. The Hall–Kier alpha value is -3.06. The SMILES string of the molecule is Cc1ccccc1-c1nc(C(=O)Nc2ccc(N3CCCC3=O)c(F)c2)cs1. The number of anilines is 2. The molecule has 2 heterocycles. The Kier molecular flexibility index (Phi) is 4.92. The predicted octanol–water partition coefficient (Wildman–Crippen LogP) is 4.64. The lowest BCUT2D eigenvalue weighted by Crippen LogP contribution is -2.24. The quantitative estimate of drug-likeness (QED) is 0.700. The Morgan fingerprint density at radius 1 is 1.25 bits per heavy atom. The van der Waals surface area contributed by atoms with Crippen molar-refractivity contribution in [2.75, 3.05) is 16.8 Å². The minimum Gasteiger partial charge on any atom is -0.321 e. The molecular weight excluding hydrogens is 377 g/mol. The first-order valence-corrected chi connectivity index (χ1v) is 9.83. The Labute approximate surface area is 165 Å². The van der Waals surface area contributed by atoms with Crippen LogP contribution in [-0.4, -0.2) is 23.3 Å². The molecule has 4 rings (SSSR count). The van der Waals surface area contributed by atoms with E-state index in [4.69, 9.17) is 0 Å². The summed E-state index contributed by atoms with van der Waals surface area (Å²) in [6.07, 6.45) is 1.16. The fraction of sp³-hybridized carbons (Fsp3) is 0.190. The van der Waals surface area contributed by atoms with E-state index in [-0.39, 0.29) is 17.3 Å². The number of nitrogens with zero attached hydrogens (tertiary/aromatic N) is 2. The molecule has 2 aromatic carbocycles. The van der Waals surface area contributed by atoms with E-state index in [1.54, 1.807) is 11.4 Å². The highest BCUT2D eigenvalue weighted by molar-refractivity contribution is 7.13. The van der Waals surface area contributed by atoms with Gasteiger partial charge < -0.3 is 10.2 Å². The van der Waals surface area contributed by atoms with Crippen molar-refractivity contribution >= 4 is 34.5 Å². The van der Waals surface area contributed by atoms with Crippen molar-refractivity contribution in [2.24, 2.45) is 0 Å². The van der Waals surface area contributed by atoms with Crippen LogP contribution in [0.4, 0.5) is 15.8 Å². The molecule has 7 heteroatoms. The number of aromatic nitrogens is 1. The molecule has 3 aromatic rings. The second kappa shape index (κ2) is 7.52. The Morgan fingerprint density at radius 3 is 2.79 bits per heavy atom. The molecular formula is C21H18FN3O2S. The van der Waals surface area contributed by atoms with Crippen molar-refractivity contribution < 1.29 is 14.0 Å². The largest absolute Gasteiger partial charge is 0.321 e. The first-order chi connectivity index (χ1) is 13.5. The molecule has 1 aromatic heterocycles. The zero-order valence-electron chi connectivity index (χ0n) is 15.2. The van der Waals surface area contributed by atoms with Gasteiger partial charge in [0.1, 0.15) is 16.5 Å². The summed E-state index contributed by atoms with van der Waals surface area (Å²) in [5.41, 5.74) is 2.91. The summed E-state index contributed by atoms with van der Waals surface area (Å²) < 4.78 is 14.4. The van der Waals surface area contributed by atoms with Crippen LogP contribution < -0.4 is 10.2 Å². The van der Waals surface area contributed by atoms with E-state index < -0.39 is 11.7 Å². The molecule has 0 unspecified atom stereocenters. The number of hydrogen-bond acceptors (Lipinski definition) is 4. The maximum absolute atomic E-state index is 14.4. The molecule has 1 aliphatic heterocycles. The molecule has 2 amide bonds. The Morgan fingerprint density at radius 2 is 2.07 bits per heavy atom. The number of carbonyl (C=O) groups excluding carboxylic acids is 2. The zero-order chi connectivity index (χ0) is 19.7. The third kappa shape index (κ3) is 3.53. The van der Waals surface area contributed by atoms with Crippen LogP contribution in [0.3, 0.4) is 0 Å². The number of nitrogens with one attached hydrogen (secondary N) is 1. The van der Waals surface area contributed by atoms with Gasteiger partial charge in [-0.3, -0.25) is 9.59 Å². The minimum absolute atomic E-state index is 0.0816. The Balaban J connectivity index is 1.51. The highest BCUT2D eigenvalue weighted by atomic mass is 32.1. The fourth-order valence-corrected chi connectivity index (χ4v) is 4.11. The van der Waals surface area contributed by atoms with Gasteiger partial charge in [-0.05, 0) is 37.1 Å². The maximum atomic E-state index is 14.4. The van der Waals surface area contributed by atoms with Gasteiger partial charge in [-0.2, -0.15) is 0 Å². The molecule has 0 atom stereocenters. The van der Waals surface area contributed by atoms with Gasteiger partial charge in [0.25, 0.3) is 5.91 Å². The van der Waals surface area contributed by atoms with Crippen molar-refractivity contribution in [3.63, 3.8) is 0 Å². The molecule has 1 aliphatic rings. The van der Waals surface area contributed by atoms with E-state index >= 15 is 0 Å². The van der Waals surface area contributed by atoms with Crippen molar-refractivity contribution in [1.82, 2.24) is 4.98 Å². The predicted molar refractivity (Wildman–Crippen MR) is 108 cm³/mol. The number of thiazole rings is 1. The second-order valence-corrected chi connectivity index (χ2v) is 7.48.